The van der Waals surface area contributed by atoms with Crippen LogP contribution in [0.1, 0.15) is 19.8 Å². The Kier molecular flexibility index (Phi) is 4.08. The first-order valence-corrected chi connectivity index (χ1v) is 6.41. The van der Waals surface area contributed by atoms with E-state index in [2.05, 4.69) is 29.3 Å². The van der Waals surface area contributed by atoms with E-state index in [9.17, 15) is 0 Å². The van der Waals surface area contributed by atoms with Gasteiger partial charge in [-0.1, -0.05) is 11.6 Å². The molecule has 16 heavy (non-hydrogen) atoms. The molecular weight excluding hydrogens is 220 g/mol. The van der Waals surface area contributed by atoms with Gasteiger partial charge in [0.05, 0.1) is 0 Å². The minimum absolute atomic E-state index is 0.649. The SMILES string of the molecule is CCN(C[C@@H]1CCCN1)c1ccc(Cl)cc1. The summed E-state index contributed by atoms with van der Waals surface area (Å²) in [5.41, 5.74) is 1.26. The average Bonchev–Trinajstić information content (AvgIpc) is 2.80. The minimum Gasteiger partial charge on any atom is -0.370 e. The molecule has 1 aromatic rings. The molecular formula is C13H19ClN2. The Morgan fingerprint density at radius 2 is 2.12 bits per heavy atom. The Labute approximate surface area is 103 Å². The molecule has 88 valence electrons. The first kappa shape index (κ1) is 11.7. The fraction of sp³-hybridized carbons (Fsp3) is 0.538. The summed E-state index contributed by atoms with van der Waals surface area (Å²) in [4.78, 5) is 2.40. The average molecular weight is 239 g/mol. The van der Waals surface area contributed by atoms with Crippen LogP contribution in [0.4, 0.5) is 5.69 Å². The van der Waals surface area contributed by atoms with Crippen molar-refractivity contribution in [1.29, 1.82) is 0 Å². The number of hydrogen-bond acceptors (Lipinski definition) is 2. The number of nitrogens with one attached hydrogen (secondary N) is 1. The maximum absolute atomic E-state index is 5.90. The molecule has 1 heterocycles. The van der Waals surface area contributed by atoms with E-state index in [0.29, 0.717) is 6.04 Å². The Morgan fingerprint density at radius 3 is 2.69 bits per heavy atom. The molecule has 0 aliphatic carbocycles. The predicted octanol–water partition coefficient (Wildman–Crippen LogP) is 2.92. The largest absolute Gasteiger partial charge is 0.370 e. The molecule has 1 fully saturated rings. The highest BCUT2D eigenvalue weighted by molar-refractivity contribution is 6.30. The molecule has 1 aliphatic rings. The van der Waals surface area contributed by atoms with E-state index in [-0.39, 0.29) is 0 Å². The van der Waals surface area contributed by atoms with Gasteiger partial charge in [0.2, 0.25) is 0 Å². The summed E-state index contributed by atoms with van der Waals surface area (Å²) in [5, 5.41) is 4.34. The molecule has 0 spiro atoms. The Hall–Kier alpha value is -0.730. The van der Waals surface area contributed by atoms with E-state index >= 15 is 0 Å². The Bertz CT molecular complexity index is 317. The summed E-state index contributed by atoms with van der Waals surface area (Å²) >= 11 is 5.90. The van der Waals surface area contributed by atoms with Crippen molar-refractivity contribution in [2.24, 2.45) is 0 Å². The topological polar surface area (TPSA) is 15.3 Å². The van der Waals surface area contributed by atoms with Gasteiger partial charge in [0.25, 0.3) is 0 Å². The Morgan fingerprint density at radius 1 is 1.38 bits per heavy atom. The molecule has 0 aromatic heterocycles. The van der Waals surface area contributed by atoms with E-state index in [1.54, 1.807) is 0 Å². The number of halogens is 1. The maximum Gasteiger partial charge on any atom is 0.0407 e. The van der Waals surface area contributed by atoms with Gasteiger partial charge in [-0.15, -0.1) is 0 Å². The molecule has 1 saturated heterocycles. The van der Waals surface area contributed by atoms with Gasteiger partial charge >= 0.3 is 0 Å². The van der Waals surface area contributed by atoms with Crippen molar-refractivity contribution in [3.05, 3.63) is 29.3 Å². The van der Waals surface area contributed by atoms with Crippen molar-refractivity contribution in [3.63, 3.8) is 0 Å². The molecule has 0 unspecified atom stereocenters. The van der Waals surface area contributed by atoms with Gasteiger partial charge in [0, 0.05) is 29.8 Å². The fourth-order valence-electron chi connectivity index (χ4n) is 2.25. The van der Waals surface area contributed by atoms with Crippen molar-refractivity contribution in [2.45, 2.75) is 25.8 Å². The fourth-order valence-corrected chi connectivity index (χ4v) is 2.37. The van der Waals surface area contributed by atoms with Gasteiger partial charge in [-0.2, -0.15) is 0 Å². The third-order valence-corrected chi connectivity index (χ3v) is 3.43. The predicted molar refractivity (Wildman–Crippen MR) is 70.4 cm³/mol. The van der Waals surface area contributed by atoms with Crippen molar-refractivity contribution >= 4 is 17.3 Å². The number of nitrogens with zero attached hydrogens (tertiary/aromatic N) is 1. The molecule has 2 nitrogen and oxygen atoms in total. The van der Waals surface area contributed by atoms with E-state index in [4.69, 9.17) is 11.6 Å². The maximum atomic E-state index is 5.90. The first-order chi connectivity index (χ1) is 7.79. The van der Waals surface area contributed by atoms with Crippen molar-refractivity contribution in [2.75, 3.05) is 24.5 Å². The lowest BCUT2D eigenvalue weighted by atomic mass is 10.2. The van der Waals surface area contributed by atoms with Gasteiger partial charge in [-0.25, -0.2) is 0 Å². The van der Waals surface area contributed by atoms with Crippen molar-refractivity contribution < 1.29 is 0 Å². The van der Waals surface area contributed by atoms with E-state index in [1.165, 1.54) is 25.1 Å². The summed E-state index contributed by atoms with van der Waals surface area (Å²) in [6, 6.07) is 8.76. The molecule has 1 N–H and O–H groups in total. The van der Waals surface area contributed by atoms with Crippen LogP contribution in [0.5, 0.6) is 0 Å². The Balaban J connectivity index is 2.00. The summed E-state index contributed by atoms with van der Waals surface area (Å²) in [7, 11) is 0. The van der Waals surface area contributed by atoms with Gasteiger partial charge in [-0.05, 0) is 50.6 Å². The molecule has 0 bridgehead atoms. The summed E-state index contributed by atoms with van der Waals surface area (Å²) < 4.78 is 0. The normalized spacial score (nSPS) is 20.0. The zero-order valence-corrected chi connectivity index (χ0v) is 10.5. The van der Waals surface area contributed by atoms with Crippen LogP contribution in [0.2, 0.25) is 5.02 Å². The number of rotatable bonds is 4. The van der Waals surface area contributed by atoms with Gasteiger partial charge in [0.1, 0.15) is 0 Å². The monoisotopic (exact) mass is 238 g/mol. The molecule has 1 atom stereocenters. The molecule has 0 radical (unpaired) electrons. The lowest BCUT2D eigenvalue weighted by molar-refractivity contribution is 0.587. The van der Waals surface area contributed by atoms with E-state index in [0.717, 1.165) is 18.1 Å². The lowest BCUT2D eigenvalue weighted by Gasteiger charge is -2.26. The quantitative estimate of drug-likeness (QED) is 0.868. The van der Waals surface area contributed by atoms with Gasteiger partial charge in [0.15, 0.2) is 0 Å². The first-order valence-electron chi connectivity index (χ1n) is 6.03. The van der Waals surface area contributed by atoms with Crippen LogP contribution in [0, 0.1) is 0 Å². The van der Waals surface area contributed by atoms with Crippen LogP contribution < -0.4 is 10.2 Å². The molecule has 0 saturated carbocycles. The van der Waals surface area contributed by atoms with Crippen LogP contribution in [0.3, 0.4) is 0 Å². The minimum atomic E-state index is 0.649. The number of hydrogen-bond donors (Lipinski definition) is 1. The third-order valence-electron chi connectivity index (χ3n) is 3.18. The highest BCUT2D eigenvalue weighted by Gasteiger charge is 2.17. The van der Waals surface area contributed by atoms with E-state index < -0.39 is 0 Å². The molecule has 3 heteroatoms. The standard InChI is InChI=1S/C13H19ClN2/c1-2-16(10-12-4-3-9-15-12)13-7-5-11(14)6-8-13/h5-8,12,15H,2-4,9-10H2,1H3/t12-/m0/s1. The molecule has 0 amide bonds. The molecule has 1 aromatic carbocycles. The smallest absolute Gasteiger partial charge is 0.0407 e. The van der Waals surface area contributed by atoms with Crippen molar-refractivity contribution in [3.8, 4) is 0 Å². The highest BCUT2D eigenvalue weighted by Crippen LogP contribution is 2.19. The van der Waals surface area contributed by atoms with Crippen LogP contribution >= 0.6 is 11.6 Å². The number of benzene rings is 1. The van der Waals surface area contributed by atoms with Crippen LogP contribution in [0.15, 0.2) is 24.3 Å². The summed E-state index contributed by atoms with van der Waals surface area (Å²) in [6.45, 7) is 5.50. The van der Waals surface area contributed by atoms with Crippen LogP contribution in [-0.4, -0.2) is 25.7 Å². The second kappa shape index (κ2) is 5.55. The summed E-state index contributed by atoms with van der Waals surface area (Å²) in [5.74, 6) is 0. The lowest BCUT2D eigenvalue weighted by Crippen LogP contribution is -2.37. The second-order valence-corrected chi connectivity index (χ2v) is 4.74. The van der Waals surface area contributed by atoms with E-state index in [1.807, 2.05) is 12.1 Å². The van der Waals surface area contributed by atoms with Crippen molar-refractivity contribution in [1.82, 2.24) is 5.32 Å². The number of likely N-dealkylation sites (N-methyl/N-ethyl adjacent to an activating group) is 1. The van der Waals surface area contributed by atoms with Crippen LogP contribution in [0.25, 0.3) is 0 Å². The highest BCUT2D eigenvalue weighted by atomic mass is 35.5. The second-order valence-electron chi connectivity index (χ2n) is 4.31. The molecule has 1 aliphatic heterocycles. The summed E-state index contributed by atoms with van der Waals surface area (Å²) in [6.07, 6.45) is 2.60. The third kappa shape index (κ3) is 2.89. The van der Waals surface area contributed by atoms with Gasteiger partial charge < -0.3 is 10.2 Å². The number of anilines is 1. The zero-order valence-electron chi connectivity index (χ0n) is 9.75. The zero-order chi connectivity index (χ0) is 11.4. The van der Waals surface area contributed by atoms with Gasteiger partial charge in [-0.3, -0.25) is 0 Å². The van der Waals surface area contributed by atoms with Crippen LogP contribution in [-0.2, 0) is 0 Å². The molecule has 2 rings (SSSR count).